The van der Waals surface area contributed by atoms with Crippen LogP contribution in [0.2, 0.25) is 0 Å². The van der Waals surface area contributed by atoms with E-state index in [4.69, 9.17) is 0 Å². The first-order chi connectivity index (χ1) is 12.1. The van der Waals surface area contributed by atoms with Crippen LogP contribution in [-0.2, 0) is 9.59 Å². The van der Waals surface area contributed by atoms with Gasteiger partial charge in [0.2, 0.25) is 11.8 Å². The van der Waals surface area contributed by atoms with Crippen molar-refractivity contribution in [3.63, 3.8) is 0 Å². The van der Waals surface area contributed by atoms with E-state index in [1.165, 1.54) is 4.88 Å². The molecule has 1 aromatic carbocycles. The molecule has 2 amide bonds. The van der Waals surface area contributed by atoms with Crippen molar-refractivity contribution in [2.45, 2.75) is 25.8 Å². The Labute approximate surface area is 152 Å². The molecule has 6 heteroatoms. The Kier molecular flexibility index (Phi) is 5.50. The smallest absolute Gasteiger partial charge is 0.238 e. The number of anilines is 2. The molecule has 5 nitrogen and oxygen atoms in total. The van der Waals surface area contributed by atoms with Gasteiger partial charge in [-0.1, -0.05) is 18.2 Å². The van der Waals surface area contributed by atoms with Crippen LogP contribution in [0.4, 0.5) is 11.4 Å². The minimum absolute atomic E-state index is 0.0787. The summed E-state index contributed by atoms with van der Waals surface area (Å²) in [6.45, 7) is 3.10. The van der Waals surface area contributed by atoms with Crippen molar-refractivity contribution in [1.82, 2.24) is 4.90 Å². The Bertz CT molecular complexity index is 745. The number of para-hydroxylation sites is 2. The van der Waals surface area contributed by atoms with Gasteiger partial charge in [0.05, 0.1) is 17.9 Å². The van der Waals surface area contributed by atoms with Crippen LogP contribution in [0.5, 0.6) is 0 Å². The number of nitrogens with zero attached hydrogens (tertiary/aromatic N) is 2. The first-order valence-corrected chi connectivity index (χ1v) is 9.37. The zero-order valence-corrected chi connectivity index (χ0v) is 15.4. The van der Waals surface area contributed by atoms with Gasteiger partial charge in [-0.15, -0.1) is 11.3 Å². The van der Waals surface area contributed by atoms with Gasteiger partial charge < -0.3 is 10.2 Å². The van der Waals surface area contributed by atoms with Gasteiger partial charge in [0.25, 0.3) is 0 Å². The molecule has 132 valence electrons. The third-order valence-corrected chi connectivity index (χ3v) is 5.59. The number of thiophene rings is 1. The van der Waals surface area contributed by atoms with E-state index in [0.717, 1.165) is 12.1 Å². The molecular weight excluding hydrogens is 334 g/mol. The minimum Gasteiger partial charge on any atom is -0.323 e. The molecule has 1 aliphatic rings. The second-order valence-corrected chi connectivity index (χ2v) is 7.30. The number of likely N-dealkylation sites (N-methyl/N-ethyl adjacent to an activating group) is 1. The number of carbonyl (C=O) groups is 2. The van der Waals surface area contributed by atoms with Gasteiger partial charge in [-0.25, -0.2) is 0 Å². The van der Waals surface area contributed by atoms with E-state index in [0.29, 0.717) is 25.2 Å². The highest BCUT2D eigenvalue weighted by molar-refractivity contribution is 7.10. The van der Waals surface area contributed by atoms with Crippen molar-refractivity contribution < 1.29 is 9.59 Å². The van der Waals surface area contributed by atoms with Gasteiger partial charge in [-0.3, -0.25) is 14.5 Å². The largest absolute Gasteiger partial charge is 0.323 e. The Hall–Kier alpha value is -2.18. The number of carbonyl (C=O) groups excluding carboxylic acids is 2. The fourth-order valence-electron chi connectivity index (χ4n) is 3.02. The molecule has 0 spiro atoms. The molecule has 1 atom stereocenters. The van der Waals surface area contributed by atoms with Crippen molar-refractivity contribution >= 4 is 34.5 Å². The average molecular weight is 357 g/mol. The number of nitrogens with one attached hydrogen (secondary N) is 1. The normalized spacial score (nSPS) is 15.6. The molecule has 25 heavy (non-hydrogen) atoms. The van der Waals surface area contributed by atoms with Gasteiger partial charge in [-0.2, -0.15) is 0 Å². The number of amides is 2. The molecule has 0 saturated carbocycles. The second kappa shape index (κ2) is 7.80. The van der Waals surface area contributed by atoms with Gasteiger partial charge in [0.1, 0.15) is 0 Å². The molecule has 0 aliphatic carbocycles. The van der Waals surface area contributed by atoms with Crippen LogP contribution in [0, 0.1) is 0 Å². The number of hydrogen-bond acceptors (Lipinski definition) is 4. The van der Waals surface area contributed by atoms with Crippen LogP contribution in [0.15, 0.2) is 41.8 Å². The highest BCUT2D eigenvalue weighted by atomic mass is 32.1. The zero-order valence-electron chi connectivity index (χ0n) is 14.6. The summed E-state index contributed by atoms with van der Waals surface area (Å²) in [6.07, 6.45) is 1.44. The third-order valence-electron chi connectivity index (χ3n) is 4.55. The van der Waals surface area contributed by atoms with Crippen molar-refractivity contribution in [3.8, 4) is 0 Å². The van der Waals surface area contributed by atoms with Gasteiger partial charge in [0.15, 0.2) is 0 Å². The van der Waals surface area contributed by atoms with Crippen molar-refractivity contribution in [2.24, 2.45) is 0 Å². The van der Waals surface area contributed by atoms with E-state index >= 15 is 0 Å². The lowest BCUT2D eigenvalue weighted by molar-refractivity contribution is -0.118. The van der Waals surface area contributed by atoms with E-state index in [1.807, 2.05) is 47.7 Å². The van der Waals surface area contributed by atoms with Crippen LogP contribution in [0.3, 0.4) is 0 Å². The quantitative estimate of drug-likeness (QED) is 0.861. The van der Waals surface area contributed by atoms with Crippen molar-refractivity contribution in [3.05, 3.63) is 46.7 Å². The average Bonchev–Trinajstić information content (AvgIpc) is 3.26. The highest BCUT2D eigenvalue weighted by Crippen LogP contribution is 2.29. The van der Waals surface area contributed by atoms with Gasteiger partial charge in [0, 0.05) is 23.9 Å². The summed E-state index contributed by atoms with van der Waals surface area (Å²) < 4.78 is 0. The number of rotatable bonds is 6. The molecule has 2 aromatic rings. The maximum atomic E-state index is 12.5. The van der Waals surface area contributed by atoms with Crippen LogP contribution in [-0.4, -0.2) is 36.9 Å². The summed E-state index contributed by atoms with van der Waals surface area (Å²) in [5.41, 5.74) is 1.48. The van der Waals surface area contributed by atoms with Crippen LogP contribution in [0.1, 0.15) is 30.7 Å². The molecule has 1 aliphatic heterocycles. The van der Waals surface area contributed by atoms with E-state index in [9.17, 15) is 9.59 Å². The van der Waals surface area contributed by atoms with Crippen molar-refractivity contribution in [2.75, 3.05) is 30.4 Å². The standard InChI is InChI=1S/C19H23N3O2S/c1-14(17-9-6-12-25-17)21(2)13-18(23)20-15-7-3-4-8-16(15)22-11-5-10-19(22)24/h3-4,6-9,12,14H,5,10-11,13H2,1-2H3,(H,20,23). The van der Waals surface area contributed by atoms with Gasteiger partial charge in [-0.05, 0) is 44.0 Å². The molecule has 1 aromatic heterocycles. The number of hydrogen-bond donors (Lipinski definition) is 1. The molecule has 1 unspecified atom stereocenters. The summed E-state index contributed by atoms with van der Waals surface area (Å²) in [5.74, 6) is 0.0372. The fourth-order valence-corrected chi connectivity index (χ4v) is 3.87. The topological polar surface area (TPSA) is 52.7 Å². The Morgan fingerprint density at radius 3 is 2.80 bits per heavy atom. The van der Waals surface area contributed by atoms with E-state index in [2.05, 4.69) is 18.3 Å². The van der Waals surface area contributed by atoms with Crippen LogP contribution >= 0.6 is 11.3 Å². The van der Waals surface area contributed by atoms with Crippen molar-refractivity contribution in [1.29, 1.82) is 0 Å². The summed E-state index contributed by atoms with van der Waals surface area (Å²) >= 11 is 1.69. The Balaban J connectivity index is 1.66. The third kappa shape index (κ3) is 4.08. The molecule has 1 fully saturated rings. The summed E-state index contributed by atoms with van der Waals surface area (Å²) in [5, 5.41) is 5.01. The maximum absolute atomic E-state index is 12.5. The molecule has 0 bridgehead atoms. The summed E-state index contributed by atoms with van der Waals surface area (Å²) in [6, 6.07) is 11.8. The second-order valence-electron chi connectivity index (χ2n) is 6.32. The molecular formula is C19H23N3O2S. The zero-order chi connectivity index (χ0) is 17.8. The SMILES string of the molecule is CC(c1cccs1)N(C)CC(=O)Nc1ccccc1N1CCCC1=O. The first-order valence-electron chi connectivity index (χ1n) is 8.49. The maximum Gasteiger partial charge on any atom is 0.238 e. The monoisotopic (exact) mass is 357 g/mol. The van der Waals surface area contributed by atoms with E-state index in [-0.39, 0.29) is 17.9 Å². The summed E-state index contributed by atoms with van der Waals surface area (Å²) in [4.78, 5) is 29.5. The molecule has 2 heterocycles. The lowest BCUT2D eigenvalue weighted by Gasteiger charge is -2.24. The van der Waals surface area contributed by atoms with E-state index in [1.54, 1.807) is 16.2 Å². The minimum atomic E-state index is -0.0787. The molecule has 1 N–H and O–H groups in total. The highest BCUT2D eigenvalue weighted by Gasteiger charge is 2.24. The molecule has 1 saturated heterocycles. The lowest BCUT2D eigenvalue weighted by atomic mass is 10.2. The van der Waals surface area contributed by atoms with Crippen LogP contribution < -0.4 is 10.2 Å². The van der Waals surface area contributed by atoms with Gasteiger partial charge >= 0.3 is 0 Å². The fraction of sp³-hybridized carbons (Fsp3) is 0.368. The molecule has 0 radical (unpaired) electrons. The lowest BCUT2D eigenvalue weighted by Crippen LogP contribution is -2.32. The summed E-state index contributed by atoms with van der Waals surface area (Å²) in [7, 11) is 1.94. The Morgan fingerprint density at radius 1 is 1.32 bits per heavy atom. The number of benzene rings is 1. The Morgan fingerprint density at radius 2 is 2.12 bits per heavy atom. The predicted octanol–water partition coefficient (Wildman–Crippen LogP) is 3.51. The predicted molar refractivity (Wildman–Crippen MR) is 102 cm³/mol. The first kappa shape index (κ1) is 17.6. The van der Waals surface area contributed by atoms with E-state index < -0.39 is 0 Å². The molecule has 3 rings (SSSR count). The van der Waals surface area contributed by atoms with Crippen LogP contribution in [0.25, 0.3) is 0 Å².